The van der Waals surface area contributed by atoms with Gasteiger partial charge in [-0.15, -0.1) is 0 Å². The molecule has 0 saturated carbocycles. The summed E-state index contributed by atoms with van der Waals surface area (Å²) >= 11 is 0. The van der Waals surface area contributed by atoms with Crippen LogP contribution < -0.4 is 9.80 Å². The maximum Gasteiger partial charge on any atom is 0.0463 e. The van der Waals surface area contributed by atoms with Gasteiger partial charge < -0.3 is 9.80 Å². The molecule has 0 saturated heterocycles. The van der Waals surface area contributed by atoms with Crippen molar-refractivity contribution in [3.05, 3.63) is 157 Å². The summed E-state index contributed by atoms with van der Waals surface area (Å²) in [5.41, 5.74) is 10.9. The van der Waals surface area contributed by atoms with Crippen LogP contribution in [-0.2, 0) is 0 Å². The van der Waals surface area contributed by atoms with Crippen molar-refractivity contribution in [3.8, 4) is 11.1 Å². The van der Waals surface area contributed by atoms with Crippen molar-refractivity contribution >= 4 is 34.0 Å². The van der Waals surface area contributed by atoms with E-state index in [9.17, 15) is 0 Å². The number of allylic oxidation sites excluding steroid dienone is 4. The summed E-state index contributed by atoms with van der Waals surface area (Å²) < 4.78 is 0. The van der Waals surface area contributed by atoms with E-state index in [1.807, 2.05) is 0 Å². The Balaban J connectivity index is 1.26. The molecule has 5 aromatic rings. The molecular formula is C37H32N2. The smallest absolute Gasteiger partial charge is 0.0463 e. The molecule has 2 heteroatoms. The Bertz CT molecular complexity index is 1560. The van der Waals surface area contributed by atoms with Crippen LogP contribution in [0.4, 0.5) is 28.4 Å². The monoisotopic (exact) mass is 504 g/mol. The Hall–Kier alpha value is -4.82. The molecule has 0 bridgehead atoms. The lowest BCUT2D eigenvalue weighted by Gasteiger charge is -2.27. The molecule has 6 rings (SSSR count). The number of anilines is 5. The molecule has 0 aliphatic heterocycles. The lowest BCUT2D eigenvalue weighted by atomic mass is 9.97. The van der Waals surface area contributed by atoms with Crippen LogP contribution in [0.25, 0.3) is 16.7 Å². The molecule has 0 N–H and O–H groups in total. The Labute approximate surface area is 231 Å². The fraction of sp³-hybridized carbons (Fsp3) is 0.0811. The third-order valence-corrected chi connectivity index (χ3v) is 7.38. The zero-order valence-corrected chi connectivity index (χ0v) is 22.2. The van der Waals surface area contributed by atoms with Crippen molar-refractivity contribution in [1.29, 1.82) is 0 Å². The van der Waals surface area contributed by atoms with Crippen molar-refractivity contribution in [1.82, 2.24) is 0 Å². The van der Waals surface area contributed by atoms with Gasteiger partial charge >= 0.3 is 0 Å². The van der Waals surface area contributed by atoms with Crippen LogP contribution in [0.5, 0.6) is 0 Å². The van der Waals surface area contributed by atoms with E-state index in [1.165, 1.54) is 28.0 Å². The molecule has 0 heterocycles. The highest BCUT2D eigenvalue weighted by Crippen LogP contribution is 2.37. The van der Waals surface area contributed by atoms with E-state index in [0.29, 0.717) is 0 Å². The first kappa shape index (κ1) is 24.5. The van der Waals surface area contributed by atoms with E-state index in [1.54, 1.807) is 0 Å². The Morgan fingerprint density at radius 2 is 0.923 bits per heavy atom. The van der Waals surface area contributed by atoms with E-state index < -0.39 is 0 Å². The summed E-state index contributed by atoms with van der Waals surface area (Å²) in [6.45, 7) is 0. The second-order valence-corrected chi connectivity index (χ2v) is 9.86. The number of hydrogen-bond donors (Lipinski definition) is 0. The van der Waals surface area contributed by atoms with Gasteiger partial charge in [-0.25, -0.2) is 0 Å². The molecule has 1 aliphatic carbocycles. The minimum atomic E-state index is 1.11. The van der Waals surface area contributed by atoms with Gasteiger partial charge in [0.1, 0.15) is 0 Å². The summed E-state index contributed by atoms with van der Waals surface area (Å²) in [5.74, 6) is 0. The Morgan fingerprint density at radius 1 is 0.462 bits per heavy atom. The standard InChI is InChI=1S/C37H32N2/c1-38(33-21-17-31(18-22-33)29-11-5-2-6-12-29)34-25-27-37(28-26-34)39(35-15-9-4-10-16-35)36-23-19-32(20-24-36)30-13-7-3-8-14-30/h2-5,7-11,13-28H,6,12H2,1H3. The topological polar surface area (TPSA) is 6.48 Å². The molecule has 2 nitrogen and oxygen atoms in total. The van der Waals surface area contributed by atoms with E-state index in [-0.39, 0.29) is 0 Å². The zero-order valence-electron chi connectivity index (χ0n) is 22.2. The van der Waals surface area contributed by atoms with Crippen LogP contribution in [0.15, 0.2) is 152 Å². The van der Waals surface area contributed by atoms with Crippen molar-refractivity contribution in [3.63, 3.8) is 0 Å². The number of para-hydroxylation sites is 1. The summed E-state index contributed by atoms with van der Waals surface area (Å²) in [5, 5.41) is 0. The average Bonchev–Trinajstić information content (AvgIpc) is 3.03. The van der Waals surface area contributed by atoms with Crippen LogP contribution >= 0.6 is 0 Å². The van der Waals surface area contributed by atoms with Crippen LogP contribution in [0, 0.1) is 0 Å². The van der Waals surface area contributed by atoms with Gasteiger partial charge in [0, 0.05) is 35.5 Å². The lowest BCUT2D eigenvalue weighted by molar-refractivity contribution is 1.05. The second kappa shape index (κ2) is 11.3. The third kappa shape index (κ3) is 5.42. The van der Waals surface area contributed by atoms with Crippen LogP contribution in [0.1, 0.15) is 18.4 Å². The lowest BCUT2D eigenvalue weighted by Crippen LogP contribution is -2.12. The zero-order chi connectivity index (χ0) is 26.4. The maximum atomic E-state index is 2.31. The molecule has 0 atom stereocenters. The van der Waals surface area contributed by atoms with Gasteiger partial charge in [0.05, 0.1) is 0 Å². The van der Waals surface area contributed by atoms with Crippen LogP contribution in [0.2, 0.25) is 0 Å². The predicted molar refractivity (Wildman–Crippen MR) is 167 cm³/mol. The van der Waals surface area contributed by atoms with Crippen molar-refractivity contribution in [2.24, 2.45) is 0 Å². The summed E-state index contributed by atoms with van der Waals surface area (Å²) in [4.78, 5) is 4.55. The minimum Gasteiger partial charge on any atom is -0.345 e. The maximum absolute atomic E-state index is 2.31. The predicted octanol–water partition coefficient (Wildman–Crippen LogP) is 10.3. The molecule has 5 aromatic carbocycles. The van der Waals surface area contributed by atoms with Gasteiger partial charge in [0.15, 0.2) is 0 Å². The Morgan fingerprint density at radius 3 is 1.51 bits per heavy atom. The Kier molecular flexibility index (Phi) is 7.09. The number of rotatable bonds is 7. The van der Waals surface area contributed by atoms with Crippen molar-refractivity contribution < 1.29 is 0 Å². The van der Waals surface area contributed by atoms with Crippen molar-refractivity contribution in [2.45, 2.75) is 12.8 Å². The molecular weight excluding hydrogens is 472 g/mol. The highest BCUT2D eigenvalue weighted by Gasteiger charge is 2.14. The third-order valence-electron chi connectivity index (χ3n) is 7.38. The van der Waals surface area contributed by atoms with Crippen LogP contribution in [-0.4, -0.2) is 7.05 Å². The van der Waals surface area contributed by atoms with Gasteiger partial charge in [0.2, 0.25) is 0 Å². The van der Waals surface area contributed by atoms with Gasteiger partial charge in [-0.2, -0.15) is 0 Å². The molecule has 0 radical (unpaired) electrons. The van der Waals surface area contributed by atoms with Gasteiger partial charge in [-0.1, -0.05) is 91.0 Å². The van der Waals surface area contributed by atoms with Crippen molar-refractivity contribution in [2.75, 3.05) is 16.8 Å². The number of nitrogens with zero attached hydrogens (tertiary/aromatic N) is 2. The summed E-state index contributed by atoms with van der Waals surface area (Å²) in [6.07, 6.45) is 8.86. The van der Waals surface area contributed by atoms with Crippen LogP contribution in [0.3, 0.4) is 0 Å². The average molecular weight is 505 g/mol. The molecule has 0 aromatic heterocycles. The summed E-state index contributed by atoms with van der Waals surface area (Å²) in [7, 11) is 2.13. The van der Waals surface area contributed by atoms with E-state index in [2.05, 4.69) is 169 Å². The molecule has 190 valence electrons. The van der Waals surface area contributed by atoms with E-state index in [0.717, 1.165) is 35.6 Å². The highest BCUT2D eigenvalue weighted by molar-refractivity contribution is 5.79. The largest absolute Gasteiger partial charge is 0.345 e. The van der Waals surface area contributed by atoms with Gasteiger partial charge in [-0.05, 0) is 95.8 Å². The molecule has 0 unspecified atom stereocenters. The molecule has 0 spiro atoms. The minimum absolute atomic E-state index is 1.11. The first-order chi connectivity index (χ1) is 19.3. The van der Waals surface area contributed by atoms with Gasteiger partial charge in [0.25, 0.3) is 0 Å². The number of benzene rings is 5. The summed E-state index contributed by atoms with van der Waals surface area (Å²) in [6, 6.07) is 47.6. The molecule has 39 heavy (non-hydrogen) atoms. The SMILES string of the molecule is CN(c1ccc(C2=CC=CCC2)cc1)c1ccc(N(c2ccccc2)c2ccc(-c3ccccc3)cc2)cc1. The second-order valence-electron chi connectivity index (χ2n) is 9.86. The molecule has 1 aliphatic rings. The number of hydrogen-bond acceptors (Lipinski definition) is 2. The van der Waals surface area contributed by atoms with E-state index >= 15 is 0 Å². The fourth-order valence-corrected chi connectivity index (χ4v) is 5.17. The first-order valence-corrected chi connectivity index (χ1v) is 13.6. The first-order valence-electron chi connectivity index (χ1n) is 13.6. The normalized spacial score (nSPS) is 12.6. The quantitative estimate of drug-likeness (QED) is 0.217. The highest BCUT2D eigenvalue weighted by atomic mass is 15.1. The van der Waals surface area contributed by atoms with E-state index in [4.69, 9.17) is 0 Å². The fourth-order valence-electron chi connectivity index (χ4n) is 5.17. The van der Waals surface area contributed by atoms with Gasteiger partial charge in [-0.3, -0.25) is 0 Å². The molecule has 0 fully saturated rings. The molecule has 0 amide bonds.